The molecule has 0 saturated carbocycles. The number of benzene rings is 1. The molecule has 1 aromatic rings. The van der Waals surface area contributed by atoms with Gasteiger partial charge in [0.05, 0.1) is 30.5 Å². The maximum atomic E-state index is 13.3. The van der Waals surface area contributed by atoms with Crippen LogP contribution in [-0.4, -0.2) is 52.8 Å². The molecule has 1 saturated heterocycles. The first-order chi connectivity index (χ1) is 18.3. The number of ether oxygens (including phenoxy) is 3. The smallest absolute Gasteiger partial charge is 0.416 e. The molecule has 0 bridgehead atoms. The van der Waals surface area contributed by atoms with Gasteiger partial charge in [0.2, 0.25) is 0 Å². The average Bonchev–Trinajstić information content (AvgIpc) is 2.87. The summed E-state index contributed by atoms with van der Waals surface area (Å²) in [5, 5.41) is 20.5. The second-order valence-electron chi connectivity index (χ2n) is 11.6. The molecule has 2 N–H and O–H groups in total. The maximum Gasteiger partial charge on any atom is 0.416 e. The first-order valence-electron chi connectivity index (χ1n) is 13.7. The number of halogens is 3. The van der Waals surface area contributed by atoms with Crippen LogP contribution >= 0.6 is 0 Å². The molecular formula is C30H39F3O6. The van der Waals surface area contributed by atoms with Gasteiger partial charge in [-0.25, -0.2) is 4.79 Å². The summed E-state index contributed by atoms with van der Waals surface area (Å²) in [7, 11) is 0. The van der Waals surface area contributed by atoms with Gasteiger partial charge in [-0.2, -0.15) is 13.2 Å². The summed E-state index contributed by atoms with van der Waals surface area (Å²) in [4.78, 5) is 13.3. The van der Waals surface area contributed by atoms with E-state index in [2.05, 4.69) is 13.0 Å². The number of aliphatic hydroxyl groups excluding tert-OH is 2. The minimum atomic E-state index is -4.42. The fourth-order valence-electron chi connectivity index (χ4n) is 5.82. The molecular weight excluding hydrogens is 513 g/mol. The summed E-state index contributed by atoms with van der Waals surface area (Å²) in [5.41, 5.74) is -0.653. The SMILES string of the molecule is C[C@H]1C=CC2=C[C@@H](O)C[C@H](OC(=O)C(C)(C)OCc3ccc(C(F)(F)F)cc3)[C@@H]2[C@H]1CC[C@@H]1C[C@H](O)CCO1. The lowest BCUT2D eigenvalue weighted by Crippen LogP contribution is -2.46. The van der Waals surface area contributed by atoms with E-state index in [0.717, 1.165) is 30.5 Å². The zero-order valence-electron chi connectivity index (χ0n) is 22.7. The molecule has 0 amide bonds. The van der Waals surface area contributed by atoms with Gasteiger partial charge in [-0.1, -0.05) is 37.3 Å². The van der Waals surface area contributed by atoms with Crippen molar-refractivity contribution in [2.75, 3.05) is 6.61 Å². The molecule has 0 aromatic heterocycles. The Kier molecular flexibility index (Phi) is 9.26. The Morgan fingerprint density at radius 2 is 1.82 bits per heavy atom. The fourth-order valence-corrected chi connectivity index (χ4v) is 5.82. The van der Waals surface area contributed by atoms with Crippen LogP contribution in [0.2, 0.25) is 0 Å². The van der Waals surface area contributed by atoms with Crippen LogP contribution in [0.4, 0.5) is 13.2 Å². The number of esters is 1. The number of alkyl halides is 3. The molecule has 4 rings (SSSR count). The van der Waals surface area contributed by atoms with Crippen molar-refractivity contribution in [3.63, 3.8) is 0 Å². The van der Waals surface area contributed by atoms with Crippen molar-refractivity contribution in [2.24, 2.45) is 17.8 Å². The van der Waals surface area contributed by atoms with Gasteiger partial charge in [0.25, 0.3) is 0 Å². The lowest BCUT2D eigenvalue weighted by molar-refractivity contribution is -0.180. The summed E-state index contributed by atoms with van der Waals surface area (Å²) >= 11 is 0. The molecule has 216 valence electrons. The van der Waals surface area contributed by atoms with Crippen molar-refractivity contribution < 1.29 is 42.4 Å². The van der Waals surface area contributed by atoms with Crippen LogP contribution in [0.15, 0.2) is 48.1 Å². The van der Waals surface area contributed by atoms with Gasteiger partial charge in [0.15, 0.2) is 5.60 Å². The van der Waals surface area contributed by atoms with Gasteiger partial charge in [-0.15, -0.1) is 0 Å². The molecule has 9 heteroatoms. The van der Waals surface area contributed by atoms with E-state index >= 15 is 0 Å². The summed E-state index contributed by atoms with van der Waals surface area (Å²) in [6.07, 6.45) is 3.02. The fraction of sp³-hybridized carbons (Fsp3) is 0.633. The van der Waals surface area contributed by atoms with Crippen molar-refractivity contribution in [1.82, 2.24) is 0 Å². The Morgan fingerprint density at radius 1 is 1.10 bits per heavy atom. The van der Waals surface area contributed by atoms with Crippen LogP contribution in [0, 0.1) is 17.8 Å². The highest BCUT2D eigenvalue weighted by Crippen LogP contribution is 2.44. The largest absolute Gasteiger partial charge is 0.459 e. The highest BCUT2D eigenvalue weighted by Gasteiger charge is 2.44. The minimum absolute atomic E-state index is 0.00741. The van der Waals surface area contributed by atoms with E-state index < -0.39 is 35.5 Å². The van der Waals surface area contributed by atoms with E-state index in [1.807, 2.05) is 12.2 Å². The zero-order chi connectivity index (χ0) is 28.4. The summed E-state index contributed by atoms with van der Waals surface area (Å²) in [6, 6.07) is 4.62. The molecule has 1 aliphatic heterocycles. The summed E-state index contributed by atoms with van der Waals surface area (Å²) < 4.78 is 56.2. The predicted molar refractivity (Wildman–Crippen MR) is 138 cm³/mol. The Labute approximate surface area is 227 Å². The molecule has 2 aliphatic carbocycles. The molecule has 39 heavy (non-hydrogen) atoms. The topological polar surface area (TPSA) is 85.2 Å². The number of aliphatic hydroxyl groups is 2. The Hall–Kier alpha value is -2.20. The number of allylic oxidation sites excluding steroid dienone is 2. The van der Waals surface area contributed by atoms with Crippen molar-refractivity contribution in [1.29, 1.82) is 0 Å². The van der Waals surface area contributed by atoms with E-state index in [0.29, 0.717) is 25.0 Å². The monoisotopic (exact) mass is 552 g/mol. The van der Waals surface area contributed by atoms with Crippen molar-refractivity contribution in [2.45, 2.75) is 95.7 Å². The normalized spacial score (nSPS) is 31.4. The highest BCUT2D eigenvalue weighted by molar-refractivity contribution is 5.78. The molecule has 1 aromatic carbocycles. The molecule has 7 atom stereocenters. The highest BCUT2D eigenvalue weighted by atomic mass is 19.4. The zero-order valence-corrected chi connectivity index (χ0v) is 22.7. The van der Waals surface area contributed by atoms with Gasteiger partial charge in [0.1, 0.15) is 6.10 Å². The number of hydrogen-bond donors (Lipinski definition) is 2. The molecule has 0 unspecified atom stereocenters. The van der Waals surface area contributed by atoms with Crippen LogP contribution < -0.4 is 0 Å². The summed E-state index contributed by atoms with van der Waals surface area (Å²) in [5.74, 6) is -0.310. The first-order valence-corrected chi connectivity index (χ1v) is 13.7. The third-order valence-corrected chi connectivity index (χ3v) is 8.17. The Morgan fingerprint density at radius 3 is 2.49 bits per heavy atom. The molecule has 3 aliphatic rings. The second kappa shape index (κ2) is 12.1. The van der Waals surface area contributed by atoms with Crippen LogP contribution in [0.3, 0.4) is 0 Å². The van der Waals surface area contributed by atoms with Crippen molar-refractivity contribution >= 4 is 5.97 Å². The number of carbonyl (C=O) groups is 1. The summed E-state index contributed by atoms with van der Waals surface area (Å²) in [6.45, 7) is 5.77. The lowest BCUT2D eigenvalue weighted by atomic mass is 9.66. The van der Waals surface area contributed by atoms with E-state index in [4.69, 9.17) is 14.2 Å². The number of rotatable bonds is 8. The van der Waals surface area contributed by atoms with Crippen molar-refractivity contribution in [3.8, 4) is 0 Å². The second-order valence-corrected chi connectivity index (χ2v) is 11.6. The van der Waals surface area contributed by atoms with Crippen LogP contribution in [0.5, 0.6) is 0 Å². The lowest BCUT2D eigenvalue weighted by Gasteiger charge is -2.43. The average molecular weight is 553 g/mol. The number of fused-ring (bicyclic) bond motifs is 1. The number of hydrogen-bond acceptors (Lipinski definition) is 6. The van der Waals surface area contributed by atoms with E-state index in [-0.39, 0.29) is 43.0 Å². The van der Waals surface area contributed by atoms with Crippen LogP contribution in [0.1, 0.15) is 64.0 Å². The van der Waals surface area contributed by atoms with Gasteiger partial charge < -0.3 is 24.4 Å². The quantitative estimate of drug-likeness (QED) is 0.423. The predicted octanol–water partition coefficient (Wildman–Crippen LogP) is 5.36. The molecule has 0 spiro atoms. The van der Waals surface area contributed by atoms with Gasteiger partial charge in [-0.05, 0) is 74.6 Å². The van der Waals surface area contributed by atoms with E-state index in [9.17, 15) is 28.2 Å². The molecule has 6 nitrogen and oxygen atoms in total. The Balaban J connectivity index is 1.41. The van der Waals surface area contributed by atoms with Gasteiger partial charge >= 0.3 is 12.1 Å². The molecule has 1 heterocycles. The van der Waals surface area contributed by atoms with E-state index in [1.54, 1.807) is 13.8 Å². The van der Waals surface area contributed by atoms with Gasteiger partial charge in [-0.3, -0.25) is 0 Å². The molecule has 1 fully saturated rings. The third kappa shape index (κ3) is 7.51. The van der Waals surface area contributed by atoms with E-state index in [1.165, 1.54) is 12.1 Å². The minimum Gasteiger partial charge on any atom is -0.459 e. The van der Waals surface area contributed by atoms with Crippen molar-refractivity contribution in [3.05, 3.63) is 59.2 Å². The Bertz CT molecular complexity index is 1050. The standard InChI is InChI=1S/C30H39F3O6/c1-18-4-7-20-14-23(35)16-26(27(20)25(18)11-10-24-15-22(34)12-13-37-24)39-28(36)29(2,3)38-17-19-5-8-21(9-6-19)30(31,32)33/h4-9,14,18,22-27,34-35H,10-13,15-17H2,1-3H3/t18-,22+,23+,24+,25-,26-,27-/m0/s1. The van der Waals surface area contributed by atoms with Gasteiger partial charge in [0, 0.05) is 18.9 Å². The van der Waals surface area contributed by atoms with Crippen LogP contribution in [0.25, 0.3) is 0 Å². The first kappa shape index (κ1) is 29.8. The molecule has 0 radical (unpaired) electrons. The number of carbonyl (C=O) groups excluding carboxylic acids is 1. The maximum absolute atomic E-state index is 13.3. The third-order valence-electron chi connectivity index (χ3n) is 8.17. The van der Waals surface area contributed by atoms with Crippen LogP contribution in [-0.2, 0) is 31.8 Å².